The second kappa shape index (κ2) is 4.87. The third-order valence-corrected chi connectivity index (χ3v) is 4.10. The lowest BCUT2D eigenvalue weighted by Crippen LogP contribution is -2.40. The standard InChI is InChI=1S/C12H15NO3S/c1-2-9-8-4-6-17-10(8)3-5-13(9)11(14)7-12(15)16/h4,6,9H,2-3,5,7H2,1H3,(H,15,16). The summed E-state index contributed by atoms with van der Waals surface area (Å²) in [6.45, 7) is 2.66. The Morgan fingerprint density at radius 1 is 1.59 bits per heavy atom. The van der Waals surface area contributed by atoms with Gasteiger partial charge in [-0.15, -0.1) is 11.3 Å². The van der Waals surface area contributed by atoms with Crippen LogP contribution in [0.1, 0.15) is 36.2 Å². The number of fused-ring (bicyclic) bond motifs is 1. The van der Waals surface area contributed by atoms with Crippen molar-refractivity contribution in [3.05, 3.63) is 21.9 Å². The SMILES string of the molecule is CCC1c2ccsc2CCN1C(=O)CC(=O)O. The van der Waals surface area contributed by atoms with E-state index in [0.29, 0.717) is 6.54 Å². The fourth-order valence-corrected chi connectivity index (χ4v) is 3.29. The summed E-state index contributed by atoms with van der Waals surface area (Å²) in [7, 11) is 0. The summed E-state index contributed by atoms with van der Waals surface area (Å²) in [5, 5.41) is 10.7. The number of amides is 1. The van der Waals surface area contributed by atoms with E-state index in [2.05, 4.69) is 0 Å². The zero-order valence-corrected chi connectivity index (χ0v) is 10.5. The summed E-state index contributed by atoms with van der Waals surface area (Å²) in [6.07, 6.45) is 1.26. The van der Waals surface area contributed by atoms with Gasteiger partial charge in [-0.3, -0.25) is 9.59 Å². The van der Waals surface area contributed by atoms with E-state index in [1.165, 1.54) is 10.4 Å². The third kappa shape index (κ3) is 2.34. The van der Waals surface area contributed by atoms with Crippen molar-refractivity contribution in [2.45, 2.75) is 32.2 Å². The van der Waals surface area contributed by atoms with Gasteiger partial charge in [-0.1, -0.05) is 6.92 Å². The average molecular weight is 253 g/mol. The average Bonchev–Trinajstić information content (AvgIpc) is 2.74. The zero-order chi connectivity index (χ0) is 12.4. The normalized spacial score (nSPS) is 18.9. The van der Waals surface area contributed by atoms with Gasteiger partial charge in [-0.25, -0.2) is 0 Å². The molecule has 1 aromatic heterocycles. The van der Waals surface area contributed by atoms with Crippen LogP contribution >= 0.6 is 11.3 Å². The lowest BCUT2D eigenvalue weighted by molar-refractivity contribution is -0.145. The van der Waals surface area contributed by atoms with Crippen LogP contribution in [0.5, 0.6) is 0 Å². The number of carbonyl (C=O) groups is 2. The highest BCUT2D eigenvalue weighted by molar-refractivity contribution is 7.10. The Morgan fingerprint density at radius 2 is 2.35 bits per heavy atom. The topological polar surface area (TPSA) is 57.6 Å². The van der Waals surface area contributed by atoms with Crippen molar-refractivity contribution in [2.75, 3.05) is 6.54 Å². The van der Waals surface area contributed by atoms with Crippen LogP contribution in [-0.2, 0) is 16.0 Å². The van der Waals surface area contributed by atoms with Gasteiger partial charge >= 0.3 is 5.97 Å². The molecule has 0 saturated carbocycles. The summed E-state index contributed by atoms with van der Waals surface area (Å²) < 4.78 is 0. The molecular formula is C12H15NO3S. The molecule has 0 radical (unpaired) electrons. The van der Waals surface area contributed by atoms with Gasteiger partial charge < -0.3 is 10.0 Å². The molecule has 1 unspecified atom stereocenters. The van der Waals surface area contributed by atoms with Crippen LogP contribution in [0, 0.1) is 0 Å². The van der Waals surface area contributed by atoms with Gasteiger partial charge in [0.1, 0.15) is 6.42 Å². The fourth-order valence-electron chi connectivity index (χ4n) is 2.37. The summed E-state index contributed by atoms with van der Waals surface area (Å²) >= 11 is 1.72. The first-order chi connectivity index (χ1) is 8.13. The molecular weight excluding hydrogens is 238 g/mol. The zero-order valence-electron chi connectivity index (χ0n) is 9.68. The predicted molar refractivity (Wildman–Crippen MR) is 65.0 cm³/mol. The maximum Gasteiger partial charge on any atom is 0.312 e. The molecule has 92 valence electrons. The molecule has 2 rings (SSSR count). The van der Waals surface area contributed by atoms with Crippen molar-refractivity contribution in [1.29, 1.82) is 0 Å². The lowest BCUT2D eigenvalue weighted by Gasteiger charge is -2.35. The highest BCUT2D eigenvalue weighted by Crippen LogP contribution is 2.35. The van der Waals surface area contributed by atoms with Crippen LogP contribution in [-0.4, -0.2) is 28.4 Å². The Labute approximate surface area is 104 Å². The van der Waals surface area contributed by atoms with Crippen LogP contribution in [0.15, 0.2) is 11.4 Å². The van der Waals surface area contributed by atoms with E-state index >= 15 is 0 Å². The molecule has 17 heavy (non-hydrogen) atoms. The first-order valence-electron chi connectivity index (χ1n) is 5.71. The lowest BCUT2D eigenvalue weighted by atomic mass is 9.97. The first-order valence-corrected chi connectivity index (χ1v) is 6.59. The van der Waals surface area contributed by atoms with E-state index in [1.807, 2.05) is 18.4 Å². The van der Waals surface area contributed by atoms with Gasteiger partial charge in [0, 0.05) is 11.4 Å². The van der Waals surface area contributed by atoms with Crippen LogP contribution in [0.25, 0.3) is 0 Å². The molecule has 0 fully saturated rings. The monoisotopic (exact) mass is 253 g/mol. The molecule has 2 heterocycles. The third-order valence-electron chi connectivity index (χ3n) is 3.10. The molecule has 0 saturated heterocycles. The number of carboxylic acid groups (broad SMARTS) is 1. The summed E-state index contributed by atoms with van der Waals surface area (Å²) in [5.41, 5.74) is 1.20. The highest BCUT2D eigenvalue weighted by atomic mass is 32.1. The maximum absolute atomic E-state index is 11.9. The molecule has 1 aliphatic rings. The Morgan fingerprint density at radius 3 is 3.00 bits per heavy atom. The maximum atomic E-state index is 11.9. The molecule has 0 aliphatic carbocycles. The molecule has 1 aromatic rings. The van der Waals surface area contributed by atoms with Crippen molar-refractivity contribution >= 4 is 23.2 Å². The molecule has 1 atom stereocenters. The fraction of sp³-hybridized carbons (Fsp3) is 0.500. The number of rotatable bonds is 3. The Hall–Kier alpha value is -1.36. The minimum absolute atomic E-state index is 0.0526. The number of hydrogen-bond donors (Lipinski definition) is 1. The molecule has 1 aliphatic heterocycles. The van der Waals surface area contributed by atoms with Crippen LogP contribution in [0.4, 0.5) is 0 Å². The highest BCUT2D eigenvalue weighted by Gasteiger charge is 2.30. The second-order valence-electron chi connectivity index (χ2n) is 4.13. The molecule has 0 aromatic carbocycles. The summed E-state index contributed by atoms with van der Waals surface area (Å²) in [4.78, 5) is 25.5. The molecule has 0 spiro atoms. The van der Waals surface area contributed by atoms with E-state index in [4.69, 9.17) is 5.11 Å². The first kappa shape index (κ1) is 12.1. The Bertz CT molecular complexity index is 441. The van der Waals surface area contributed by atoms with Crippen molar-refractivity contribution in [3.8, 4) is 0 Å². The number of carboxylic acids is 1. The van der Waals surface area contributed by atoms with Gasteiger partial charge in [-0.2, -0.15) is 0 Å². The predicted octanol–water partition coefficient (Wildman–Crippen LogP) is 2.06. The van der Waals surface area contributed by atoms with Crippen molar-refractivity contribution in [2.24, 2.45) is 0 Å². The Balaban J connectivity index is 2.20. The molecule has 4 nitrogen and oxygen atoms in total. The Kier molecular flexibility index (Phi) is 3.47. The van der Waals surface area contributed by atoms with Crippen molar-refractivity contribution in [1.82, 2.24) is 4.90 Å². The number of thiophene rings is 1. The van der Waals surface area contributed by atoms with Gasteiger partial charge in [-0.05, 0) is 29.9 Å². The number of nitrogens with zero attached hydrogens (tertiary/aromatic N) is 1. The number of hydrogen-bond acceptors (Lipinski definition) is 3. The largest absolute Gasteiger partial charge is 0.481 e. The van der Waals surface area contributed by atoms with Crippen LogP contribution < -0.4 is 0 Å². The second-order valence-corrected chi connectivity index (χ2v) is 5.13. The van der Waals surface area contributed by atoms with E-state index in [1.54, 1.807) is 16.2 Å². The molecule has 1 N–H and O–H groups in total. The van der Waals surface area contributed by atoms with Gasteiger partial charge in [0.05, 0.1) is 6.04 Å². The van der Waals surface area contributed by atoms with Crippen molar-refractivity contribution in [3.63, 3.8) is 0 Å². The van der Waals surface area contributed by atoms with E-state index in [-0.39, 0.29) is 11.9 Å². The quantitative estimate of drug-likeness (QED) is 0.839. The number of carbonyl (C=O) groups excluding carboxylic acids is 1. The smallest absolute Gasteiger partial charge is 0.312 e. The molecule has 5 heteroatoms. The summed E-state index contributed by atoms with van der Waals surface area (Å²) in [6, 6.07) is 2.10. The summed E-state index contributed by atoms with van der Waals surface area (Å²) in [5.74, 6) is -1.33. The minimum atomic E-state index is -1.05. The van der Waals surface area contributed by atoms with Crippen LogP contribution in [0.2, 0.25) is 0 Å². The minimum Gasteiger partial charge on any atom is -0.481 e. The van der Waals surface area contributed by atoms with Crippen molar-refractivity contribution < 1.29 is 14.7 Å². The van der Waals surface area contributed by atoms with Crippen LogP contribution in [0.3, 0.4) is 0 Å². The van der Waals surface area contributed by atoms with Gasteiger partial charge in [0.25, 0.3) is 0 Å². The number of aliphatic carboxylic acids is 1. The van der Waals surface area contributed by atoms with E-state index in [0.717, 1.165) is 12.8 Å². The van der Waals surface area contributed by atoms with Gasteiger partial charge in [0.2, 0.25) is 5.91 Å². The van der Waals surface area contributed by atoms with Gasteiger partial charge in [0.15, 0.2) is 0 Å². The molecule has 1 amide bonds. The van der Waals surface area contributed by atoms with E-state index < -0.39 is 12.4 Å². The van der Waals surface area contributed by atoms with E-state index in [9.17, 15) is 9.59 Å². The molecule has 0 bridgehead atoms.